The predicted molar refractivity (Wildman–Crippen MR) is 653 cm³/mol. The van der Waals surface area contributed by atoms with Crippen molar-refractivity contribution < 1.29 is 4.42 Å². The highest BCUT2D eigenvalue weighted by atomic mass is 32.1. The summed E-state index contributed by atoms with van der Waals surface area (Å²) in [6, 6.07) is 144. The standard InChI is InChI=1S/C36H19NOS2.C36H19NS3.C33H19NS2.C29H14N2S2/c1-2-7-22(8-3-1)37-25-10-5-4-9-23(25)24-17-20(13-14-26(24)37)21-18-28-34-32(19-21)40-31-16-15-30-35(36(31)34)33-27(38-28)11-6-12-29(33)39-30;1-2-7-22(8-3-1)37-25-10-5-4-9-23(25)24-17-20(13-14-26(24)37)21-18-31-34-32(19-21)40-30-16-15-29-35(36(30)34)33-27(38-29)11-6-12-28(33)39-31;1-33(2)19-7-4-3-6-16(19)17-10-12-21-26(31(17)33)18-11-13-25-30-29-24(36-25)15-14-23-28(29)27-20(34(21)32(18)30)8-5-9-22(27)35-23;1-2-4-15(5-3-1)16-6-8-19-18(14-16)17-7-9-23-27-26-21(32-23)10-11-22-25(26)24-20(31(19)28(17)27)12-13-30-29(24)33-22/h2*1-19H;3-15H,1-2H3;1-14H. The van der Waals surface area contributed by atoms with Crippen molar-refractivity contribution in [2.45, 2.75) is 19.3 Å². The molecule has 149 heavy (non-hydrogen) atoms. The number of rotatable bonds is 5. The van der Waals surface area contributed by atoms with Crippen LogP contribution in [-0.4, -0.2) is 22.9 Å². The predicted octanol–water partition coefficient (Wildman–Crippen LogP) is 42.3. The van der Waals surface area contributed by atoms with E-state index in [4.69, 9.17) is 9.40 Å². The van der Waals surface area contributed by atoms with Gasteiger partial charge in [-0.05, 0) is 262 Å². The van der Waals surface area contributed by atoms with E-state index in [1.54, 1.807) is 0 Å². The molecule has 38 aromatic rings. The Balaban J connectivity index is 0.0000000821. The zero-order chi connectivity index (χ0) is 96.7. The molecular formula is C134H71N5OS9. The monoisotopic (exact) mass is 2050 g/mol. The summed E-state index contributed by atoms with van der Waals surface area (Å²) in [5, 5.41) is 32.7. The molecule has 0 radical (unpaired) electrons. The molecule has 692 valence electrons. The zero-order valence-electron chi connectivity index (χ0n) is 79.3. The maximum absolute atomic E-state index is 6.76. The van der Waals surface area contributed by atoms with Gasteiger partial charge in [0.05, 0.1) is 55.2 Å². The Bertz CT molecular complexity index is 12200. The maximum atomic E-state index is 6.76. The van der Waals surface area contributed by atoms with Crippen LogP contribution in [0, 0.1) is 0 Å². The molecular weight excluding hydrogens is 1980 g/mol. The third-order valence-electron chi connectivity index (χ3n) is 32.8. The molecule has 0 saturated heterocycles. The number of aromatic nitrogens is 5. The molecule has 17 heterocycles. The second-order valence-electron chi connectivity index (χ2n) is 40.7. The first-order chi connectivity index (χ1) is 73.6. The number of thiophene rings is 8. The Morgan fingerprint density at radius 1 is 0.208 bits per heavy atom. The SMILES string of the molecule is CC1(C)c2ccccc2-c2ccc3c(c21)c1ccc2sc4ccc5sc6cccc7c6c5c4c2c1n37.c1ccc(-c2ccc3c(c2)c2ccc4sc5ccc6sc7nccc8c7c6c5c4c2n38)cc1.c1ccc(-n2c3ccccc3c3cc(-c4cc5oc6cccc7sc8ccc9sc(c4)c5c9c8c67)ccc32)cc1.c1ccc(-n2c3ccccc3c3cc(-c4cc5sc6cccc7sc8ccc9sc(c4)c5c9c8c67)ccc32)cc1. The third-order valence-corrected chi connectivity index (χ3v) is 42.8. The van der Waals surface area contributed by atoms with Crippen molar-refractivity contribution in [2.24, 2.45) is 0 Å². The first kappa shape index (κ1) is 81.9. The minimum absolute atomic E-state index is 0.0485. The van der Waals surface area contributed by atoms with Crippen molar-refractivity contribution >= 4 is 382 Å². The van der Waals surface area contributed by atoms with E-state index in [0.29, 0.717) is 0 Å². The van der Waals surface area contributed by atoms with Gasteiger partial charge in [0.15, 0.2) is 0 Å². The molecule has 0 fully saturated rings. The zero-order valence-corrected chi connectivity index (χ0v) is 86.7. The molecule has 0 aliphatic heterocycles. The van der Waals surface area contributed by atoms with Gasteiger partial charge in [0.1, 0.15) is 16.0 Å². The fourth-order valence-corrected chi connectivity index (χ4v) is 37.2. The lowest BCUT2D eigenvalue weighted by atomic mass is 9.80. The van der Waals surface area contributed by atoms with Gasteiger partial charge >= 0.3 is 0 Å². The molecule has 0 N–H and O–H groups in total. The number of hydrogen-bond acceptors (Lipinski definition) is 11. The average molecular weight is 2060 g/mol. The van der Waals surface area contributed by atoms with Crippen LogP contribution in [0.5, 0.6) is 0 Å². The summed E-state index contributed by atoms with van der Waals surface area (Å²) in [4.78, 5) is 5.91. The molecule has 17 aromatic heterocycles. The summed E-state index contributed by atoms with van der Waals surface area (Å²) in [5.41, 5.74) is 30.2. The third kappa shape index (κ3) is 10.9. The molecule has 0 spiro atoms. The van der Waals surface area contributed by atoms with Gasteiger partial charge in [-0.15, -0.1) is 102 Å². The van der Waals surface area contributed by atoms with E-state index in [9.17, 15) is 0 Å². The fourth-order valence-electron chi connectivity index (χ4n) is 26.8. The molecule has 0 unspecified atom stereocenters. The number of benzene rings is 21. The van der Waals surface area contributed by atoms with Gasteiger partial charge in [-0.25, -0.2) is 4.98 Å². The average Bonchev–Trinajstić information content (AvgIpc) is 1.54. The summed E-state index contributed by atoms with van der Waals surface area (Å²) in [6.07, 6.45) is 1.97. The van der Waals surface area contributed by atoms with E-state index in [1.807, 2.05) is 108 Å². The van der Waals surface area contributed by atoms with Crippen LogP contribution in [0.3, 0.4) is 0 Å². The first-order valence-electron chi connectivity index (χ1n) is 50.5. The molecule has 39 rings (SSSR count). The van der Waals surface area contributed by atoms with Gasteiger partial charge in [-0.2, -0.15) is 0 Å². The van der Waals surface area contributed by atoms with Gasteiger partial charge in [0.2, 0.25) is 0 Å². The second-order valence-corrected chi connectivity index (χ2v) is 50.4. The Labute approximate surface area is 882 Å². The van der Waals surface area contributed by atoms with Crippen molar-refractivity contribution in [1.82, 2.24) is 22.9 Å². The minimum atomic E-state index is -0.0485. The molecule has 0 bridgehead atoms. The lowest BCUT2D eigenvalue weighted by molar-refractivity contribution is 0.664. The van der Waals surface area contributed by atoms with E-state index >= 15 is 0 Å². The van der Waals surface area contributed by atoms with Crippen molar-refractivity contribution in [3.8, 4) is 55.9 Å². The van der Waals surface area contributed by atoms with Crippen LogP contribution in [0.4, 0.5) is 0 Å². The van der Waals surface area contributed by atoms with E-state index in [2.05, 4.69) is 420 Å². The lowest BCUT2D eigenvalue weighted by Crippen LogP contribution is -2.15. The molecule has 1 aliphatic carbocycles. The largest absolute Gasteiger partial charge is 0.456 e. The summed E-state index contributed by atoms with van der Waals surface area (Å²) >= 11 is 17.1. The highest BCUT2D eigenvalue weighted by Crippen LogP contribution is 2.60. The molecule has 6 nitrogen and oxygen atoms in total. The van der Waals surface area contributed by atoms with Crippen LogP contribution in [-0.2, 0) is 5.41 Å². The maximum Gasteiger partial charge on any atom is 0.137 e. The van der Waals surface area contributed by atoms with Gasteiger partial charge in [-0.3, -0.25) is 0 Å². The van der Waals surface area contributed by atoms with Crippen LogP contribution in [0.25, 0.3) is 336 Å². The Morgan fingerprint density at radius 3 is 1.18 bits per heavy atom. The summed E-state index contributed by atoms with van der Waals surface area (Å²) in [5.74, 6) is 0. The quantitative estimate of drug-likeness (QED) is 0.172. The van der Waals surface area contributed by atoms with Crippen molar-refractivity contribution in [3.05, 3.63) is 406 Å². The smallest absolute Gasteiger partial charge is 0.137 e. The van der Waals surface area contributed by atoms with Gasteiger partial charge in [0.25, 0.3) is 0 Å². The van der Waals surface area contributed by atoms with Crippen LogP contribution in [0.15, 0.2) is 399 Å². The highest BCUT2D eigenvalue weighted by molar-refractivity contribution is 7.32. The second kappa shape index (κ2) is 29.6. The Kier molecular flexibility index (Phi) is 16.3. The van der Waals surface area contributed by atoms with E-state index < -0.39 is 0 Å². The molecule has 0 atom stereocenters. The molecule has 1 aliphatic rings. The lowest BCUT2D eigenvalue weighted by Gasteiger charge is -2.22. The number of fused-ring (bicyclic) bond motifs is 18. The molecule has 21 aromatic carbocycles. The van der Waals surface area contributed by atoms with Crippen LogP contribution in [0.1, 0.15) is 25.0 Å². The van der Waals surface area contributed by atoms with Crippen molar-refractivity contribution in [2.75, 3.05) is 0 Å². The molecule has 0 amide bonds. The van der Waals surface area contributed by atoms with Gasteiger partial charge in [-0.1, -0.05) is 196 Å². The number of nitrogens with zero attached hydrogens (tertiary/aromatic N) is 5. The summed E-state index contributed by atoms with van der Waals surface area (Å²) in [7, 11) is 0. The van der Waals surface area contributed by atoms with Gasteiger partial charge < -0.3 is 22.4 Å². The van der Waals surface area contributed by atoms with Crippen LogP contribution in [0.2, 0.25) is 0 Å². The Morgan fingerprint density at radius 2 is 0.584 bits per heavy atom. The van der Waals surface area contributed by atoms with E-state index in [0.717, 1.165) is 16.0 Å². The minimum Gasteiger partial charge on any atom is -0.456 e. The number of pyridine rings is 1. The van der Waals surface area contributed by atoms with Crippen molar-refractivity contribution in [1.29, 1.82) is 0 Å². The topological polar surface area (TPSA) is 44.7 Å². The number of para-hydroxylation sites is 4. The van der Waals surface area contributed by atoms with E-state index in [-0.39, 0.29) is 5.41 Å². The van der Waals surface area contributed by atoms with Crippen LogP contribution < -0.4 is 0 Å². The first-order valence-corrected chi connectivity index (χ1v) is 57.8. The highest BCUT2D eigenvalue weighted by Gasteiger charge is 2.40. The Hall–Kier alpha value is -16.3. The summed E-state index contributed by atoms with van der Waals surface area (Å²) in [6.45, 7) is 4.82. The van der Waals surface area contributed by atoms with Crippen molar-refractivity contribution in [3.63, 3.8) is 0 Å². The normalized spacial score (nSPS) is 13.2. The van der Waals surface area contributed by atoms with E-state index in [1.165, 1.54) is 331 Å². The fraction of sp³-hybridized carbons (Fsp3) is 0.0224. The molecule has 15 heteroatoms. The van der Waals surface area contributed by atoms with Gasteiger partial charge in [0, 0.05) is 232 Å². The number of hydrogen-bond donors (Lipinski definition) is 0. The molecule has 0 saturated carbocycles. The summed E-state index contributed by atoms with van der Waals surface area (Å²) < 4.78 is 39.7. The van der Waals surface area contributed by atoms with Crippen LogP contribution >= 0.6 is 102 Å².